The van der Waals surface area contributed by atoms with Gasteiger partial charge in [0.2, 0.25) is 0 Å². The molecule has 0 aromatic heterocycles. The third-order valence-electron chi connectivity index (χ3n) is 3.34. The third-order valence-corrected chi connectivity index (χ3v) is 3.34. The molecule has 2 aromatic rings. The van der Waals surface area contributed by atoms with Crippen LogP contribution in [0.5, 0.6) is 0 Å². The van der Waals surface area contributed by atoms with Crippen LogP contribution in [0, 0.1) is 0 Å². The monoisotopic (exact) mass is 362 g/mol. The molecule has 2 aromatic carbocycles. The van der Waals surface area contributed by atoms with Crippen molar-refractivity contribution >= 4 is 5.97 Å². The average Bonchev–Trinajstić information content (AvgIpc) is 2.53. The van der Waals surface area contributed by atoms with Crippen LogP contribution in [0.25, 0.3) is 11.1 Å². The Morgan fingerprint density at radius 3 is 2.08 bits per heavy atom. The fourth-order valence-electron chi connectivity index (χ4n) is 2.21. The first-order valence-corrected chi connectivity index (χ1v) is 7.10. The van der Waals surface area contributed by atoms with Crippen molar-refractivity contribution in [2.45, 2.75) is 19.3 Å². The molecule has 0 aliphatic heterocycles. The number of carbonyl (C=O) groups is 1. The molecule has 0 N–H and O–H groups in total. The Balaban J connectivity index is 2.63. The largest absolute Gasteiger partial charge is 0.462 e. The van der Waals surface area contributed by atoms with Gasteiger partial charge in [-0.05, 0) is 42.3 Å². The number of hydrogen-bond acceptors (Lipinski definition) is 2. The van der Waals surface area contributed by atoms with Crippen LogP contribution in [0.2, 0.25) is 0 Å². The Hall–Kier alpha value is -2.51. The Morgan fingerprint density at radius 2 is 1.52 bits per heavy atom. The molecule has 0 saturated carbocycles. The molecular weight excluding hydrogens is 350 g/mol. The topological polar surface area (TPSA) is 26.3 Å². The van der Waals surface area contributed by atoms with Gasteiger partial charge in [-0.15, -0.1) is 0 Å². The van der Waals surface area contributed by atoms with Crippen molar-refractivity contribution in [2.75, 3.05) is 6.61 Å². The first kappa shape index (κ1) is 18.8. The maximum absolute atomic E-state index is 12.9. The van der Waals surface area contributed by atoms with Gasteiger partial charge in [-0.1, -0.05) is 18.2 Å². The fraction of sp³-hybridized carbons (Fsp3) is 0.235. The molecule has 0 heterocycles. The molecule has 0 aliphatic carbocycles. The van der Waals surface area contributed by atoms with Gasteiger partial charge >= 0.3 is 18.3 Å². The van der Waals surface area contributed by atoms with Crippen LogP contribution >= 0.6 is 0 Å². The van der Waals surface area contributed by atoms with Crippen LogP contribution in [0.1, 0.15) is 28.4 Å². The molecule has 0 aliphatic rings. The fourth-order valence-corrected chi connectivity index (χ4v) is 2.21. The summed E-state index contributed by atoms with van der Waals surface area (Å²) in [6.45, 7) is 1.38. The zero-order valence-electron chi connectivity index (χ0n) is 12.8. The van der Waals surface area contributed by atoms with Gasteiger partial charge in [-0.25, -0.2) is 4.79 Å². The maximum Gasteiger partial charge on any atom is 0.416 e. The van der Waals surface area contributed by atoms with Gasteiger partial charge in [0.25, 0.3) is 0 Å². The molecule has 8 heteroatoms. The number of hydrogen-bond donors (Lipinski definition) is 0. The van der Waals surface area contributed by atoms with Crippen molar-refractivity contribution in [2.24, 2.45) is 0 Å². The van der Waals surface area contributed by atoms with Gasteiger partial charge in [-0.2, -0.15) is 26.3 Å². The van der Waals surface area contributed by atoms with Gasteiger partial charge in [0.05, 0.1) is 23.3 Å². The van der Waals surface area contributed by atoms with Crippen LogP contribution in [0.15, 0.2) is 42.5 Å². The van der Waals surface area contributed by atoms with Crippen molar-refractivity contribution < 1.29 is 35.9 Å². The van der Waals surface area contributed by atoms with Gasteiger partial charge in [0.1, 0.15) is 0 Å². The van der Waals surface area contributed by atoms with Crippen LogP contribution < -0.4 is 0 Å². The predicted octanol–water partition coefficient (Wildman–Crippen LogP) is 5.57. The highest BCUT2D eigenvalue weighted by Crippen LogP contribution is 2.36. The minimum atomic E-state index is -4.70. The molecule has 25 heavy (non-hydrogen) atoms. The average molecular weight is 362 g/mol. The van der Waals surface area contributed by atoms with Crippen LogP contribution in [-0.4, -0.2) is 12.6 Å². The number of esters is 1. The molecule has 134 valence electrons. The number of halogens is 6. The molecule has 0 radical (unpaired) electrons. The van der Waals surface area contributed by atoms with E-state index in [1.54, 1.807) is 0 Å². The summed E-state index contributed by atoms with van der Waals surface area (Å²) in [4.78, 5) is 12.0. The first-order valence-electron chi connectivity index (χ1n) is 7.10. The van der Waals surface area contributed by atoms with Crippen molar-refractivity contribution in [3.05, 3.63) is 59.2 Å². The summed E-state index contributed by atoms with van der Waals surface area (Å²) >= 11 is 0. The summed E-state index contributed by atoms with van der Waals surface area (Å²) in [6.07, 6.45) is -9.32. The third kappa shape index (κ3) is 4.32. The molecule has 2 nitrogen and oxygen atoms in total. The van der Waals surface area contributed by atoms with Crippen molar-refractivity contribution in [3.8, 4) is 11.1 Å². The number of benzene rings is 2. The molecule has 0 fully saturated rings. The summed E-state index contributed by atoms with van der Waals surface area (Å²) < 4.78 is 81.9. The van der Waals surface area contributed by atoms with E-state index in [1.165, 1.54) is 13.0 Å². The molecule has 0 spiro atoms. The zero-order valence-corrected chi connectivity index (χ0v) is 12.8. The molecular formula is C17H12F6O2. The Labute approximate surface area is 139 Å². The van der Waals surface area contributed by atoms with Crippen LogP contribution in [0.4, 0.5) is 26.3 Å². The van der Waals surface area contributed by atoms with E-state index in [0.717, 1.165) is 24.3 Å². The lowest BCUT2D eigenvalue weighted by Gasteiger charge is -2.14. The predicted molar refractivity (Wildman–Crippen MR) is 77.8 cm³/mol. The minimum Gasteiger partial charge on any atom is -0.462 e. The van der Waals surface area contributed by atoms with E-state index in [-0.39, 0.29) is 17.7 Å². The SMILES string of the molecule is CCOC(=O)c1cc(C(F)(F)F)ccc1-c1cccc(C(F)(F)F)c1. The van der Waals surface area contributed by atoms with Crippen LogP contribution in [-0.2, 0) is 17.1 Å². The van der Waals surface area contributed by atoms with E-state index >= 15 is 0 Å². The molecule has 2 rings (SSSR count). The molecule has 0 unspecified atom stereocenters. The van der Waals surface area contributed by atoms with E-state index in [9.17, 15) is 31.1 Å². The summed E-state index contributed by atoms with van der Waals surface area (Å²) in [7, 11) is 0. The van der Waals surface area contributed by atoms with Crippen LogP contribution in [0.3, 0.4) is 0 Å². The number of ether oxygens (including phenoxy) is 1. The summed E-state index contributed by atoms with van der Waals surface area (Å²) in [5, 5.41) is 0. The Bertz CT molecular complexity index is 777. The number of alkyl halides is 6. The first-order chi connectivity index (χ1) is 11.5. The lowest BCUT2D eigenvalue weighted by molar-refractivity contribution is -0.138. The normalized spacial score (nSPS) is 12.1. The Morgan fingerprint density at radius 1 is 0.920 bits per heavy atom. The highest BCUT2D eigenvalue weighted by atomic mass is 19.4. The van der Waals surface area contributed by atoms with E-state index in [1.807, 2.05) is 0 Å². The van der Waals surface area contributed by atoms with Crippen molar-refractivity contribution in [1.29, 1.82) is 0 Å². The molecule has 0 saturated heterocycles. The van der Waals surface area contributed by atoms with Gasteiger partial charge in [-0.3, -0.25) is 0 Å². The van der Waals surface area contributed by atoms with Crippen molar-refractivity contribution in [3.63, 3.8) is 0 Å². The summed E-state index contributed by atoms with van der Waals surface area (Å²) in [5.41, 5.74) is -2.62. The number of rotatable bonds is 3. The Kier molecular flexibility index (Phi) is 5.10. The maximum atomic E-state index is 12.9. The quantitative estimate of drug-likeness (QED) is 0.527. The van der Waals surface area contributed by atoms with E-state index in [2.05, 4.69) is 0 Å². The highest BCUT2D eigenvalue weighted by molar-refractivity contribution is 5.97. The molecule has 0 bridgehead atoms. The van der Waals surface area contributed by atoms with Gasteiger partial charge in [0, 0.05) is 0 Å². The molecule has 0 atom stereocenters. The smallest absolute Gasteiger partial charge is 0.416 e. The summed E-state index contributed by atoms with van der Waals surface area (Å²) in [5.74, 6) is -1.04. The second kappa shape index (κ2) is 6.78. The lowest BCUT2D eigenvalue weighted by atomic mass is 9.96. The lowest BCUT2D eigenvalue weighted by Crippen LogP contribution is -2.11. The highest BCUT2D eigenvalue weighted by Gasteiger charge is 2.33. The van der Waals surface area contributed by atoms with E-state index < -0.39 is 35.0 Å². The van der Waals surface area contributed by atoms with E-state index in [0.29, 0.717) is 12.1 Å². The second-order valence-corrected chi connectivity index (χ2v) is 5.06. The second-order valence-electron chi connectivity index (χ2n) is 5.06. The van der Waals surface area contributed by atoms with E-state index in [4.69, 9.17) is 4.74 Å². The molecule has 0 amide bonds. The van der Waals surface area contributed by atoms with Gasteiger partial charge in [0.15, 0.2) is 0 Å². The standard InChI is InChI=1S/C17H12F6O2/c1-2-25-15(24)14-9-12(17(21,22)23)6-7-13(14)10-4-3-5-11(8-10)16(18,19)20/h3-9H,2H2,1H3. The summed E-state index contributed by atoms with van der Waals surface area (Å²) in [6, 6.07) is 6.24. The van der Waals surface area contributed by atoms with Crippen molar-refractivity contribution in [1.82, 2.24) is 0 Å². The number of carbonyl (C=O) groups excluding carboxylic acids is 1. The minimum absolute atomic E-state index is 0.0356. The van der Waals surface area contributed by atoms with Gasteiger partial charge < -0.3 is 4.74 Å². The zero-order chi connectivity index (χ0) is 18.8.